The lowest BCUT2D eigenvalue weighted by Gasteiger charge is -2.39. The van der Waals surface area contributed by atoms with Gasteiger partial charge in [-0.25, -0.2) is 4.98 Å². The van der Waals surface area contributed by atoms with Gasteiger partial charge in [0.1, 0.15) is 6.04 Å². The molecule has 3 heterocycles. The summed E-state index contributed by atoms with van der Waals surface area (Å²) in [6.45, 7) is 7.72. The number of piperazine rings is 1. The van der Waals surface area contributed by atoms with E-state index in [1.807, 2.05) is 22.4 Å². The van der Waals surface area contributed by atoms with Crippen LogP contribution in [0.15, 0.2) is 28.3 Å². The molecule has 0 radical (unpaired) electrons. The molecule has 0 aliphatic carbocycles. The smallest absolute Gasteiger partial charge is 0.277 e. The number of nitrogens with zero attached hydrogens (tertiary/aromatic N) is 3. The minimum atomic E-state index is -0.488. The van der Waals surface area contributed by atoms with Crippen molar-refractivity contribution in [1.29, 1.82) is 0 Å². The first-order valence-corrected chi connectivity index (χ1v) is 8.94. The van der Waals surface area contributed by atoms with Crippen LogP contribution < -0.4 is 0 Å². The summed E-state index contributed by atoms with van der Waals surface area (Å²) in [6, 6.07) is 3.29. The van der Waals surface area contributed by atoms with Gasteiger partial charge in [-0.2, -0.15) is 0 Å². The Hall–Kier alpha value is -2.15. The van der Waals surface area contributed by atoms with Crippen LogP contribution >= 0.6 is 11.3 Å². The number of carbonyl (C=O) groups is 2. The third-order valence-electron chi connectivity index (χ3n) is 4.11. The van der Waals surface area contributed by atoms with Crippen molar-refractivity contribution in [1.82, 2.24) is 14.8 Å². The lowest BCUT2D eigenvalue weighted by atomic mass is 10.1. The highest BCUT2D eigenvalue weighted by Crippen LogP contribution is 2.29. The van der Waals surface area contributed by atoms with Crippen molar-refractivity contribution in [3.63, 3.8) is 0 Å². The summed E-state index contributed by atoms with van der Waals surface area (Å²) in [5, 5.41) is 1.92. The zero-order valence-electron chi connectivity index (χ0n) is 14.1. The van der Waals surface area contributed by atoms with Crippen LogP contribution in [-0.4, -0.2) is 52.3 Å². The van der Waals surface area contributed by atoms with E-state index in [1.165, 1.54) is 17.7 Å². The van der Waals surface area contributed by atoms with Gasteiger partial charge in [0.2, 0.25) is 5.91 Å². The van der Waals surface area contributed by atoms with Crippen molar-refractivity contribution in [2.75, 3.05) is 19.6 Å². The molecule has 0 spiro atoms. The molecule has 1 aliphatic rings. The fourth-order valence-electron chi connectivity index (χ4n) is 2.95. The number of rotatable bonds is 4. The third kappa shape index (κ3) is 3.08. The van der Waals surface area contributed by atoms with E-state index in [2.05, 4.69) is 18.8 Å². The molecule has 1 atom stereocenters. The van der Waals surface area contributed by atoms with E-state index in [0.29, 0.717) is 24.8 Å². The first-order valence-electron chi connectivity index (χ1n) is 8.06. The van der Waals surface area contributed by atoms with Crippen LogP contribution in [0.1, 0.15) is 31.3 Å². The van der Waals surface area contributed by atoms with Gasteiger partial charge in [-0.1, -0.05) is 19.9 Å². The Bertz CT molecular complexity index is 723. The first kappa shape index (κ1) is 16.7. The fourth-order valence-corrected chi connectivity index (χ4v) is 3.66. The summed E-state index contributed by atoms with van der Waals surface area (Å²) in [6.07, 6.45) is 1.28. The molecular formula is C17H21N3O3S. The molecule has 2 amide bonds. The van der Waals surface area contributed by atoms with Gasteiger partial charge >= 0.3 is 0 Å². The molecular weight excluding hydrogens is 326 g/mol. The maximum Gasteiger partial charge on any atom is 0.277 e. The quantitative estimate of drug-likeness (QED) is 0.853. The van der Waals surface area contributed by atoms with Crippen LogP contribution in [0, 0.1) is 5.92 Å². The summed E-state index contributed by atoms with van der Waals surface area (Å²) in [7, 11) is 0. The second-order valence-corrected chi connectivity index (χ2v) is 7.31. The van der Waals surface area contributed by atoms with Crippen LogP contribution in [0.25, 0.3) is 10.6 Å². The Labute approximate surface area is 145 Å². The van der Waals surface area contributed by atoms with E-state index in [-0.39, 0.29) is 17.5 Å². The average molecular weight is 347 g/mol. The van der Waals surface area contributed by atoms with Gasteiger partial charge in [0.25, 0.3) is 5.91 Å². The van der Waals surface area contributed by atoms with Crippen molar-refractivity contribution in [2.24, 2.45) is 5.92 Å². The Morgan fingerprint density at radius 3 is 2.92 bits per heavy atom. The Morgan fingerprint density at radius 2 is 2.25 bits per heavy atom. The SMILES string of the molecule is CC(C)CN1CCN(C(=O)c2ncoc2-c2cccs2)[C@H](C)C1=O. The van der Waals surface area contributed by atoms with E-state index in [4.69, 9.17) is 4.42 Å². The number of amides is 2. The van der Waals surface area contributed by atoms with E-state index in [1.54, 1.807) is 11.8 Å². The molecule has 0 unspecified atom stereocenters. The standard InChI is InChI=1S/C17H21N3O3S/c1-11(2)9-19-6-7-20(12(3)16(19)21)17(22)14-15(23-10-18-14)13-5-4-8-24-13/h4-5,8,10-12H,6-7,9H2,1-3H3/t12-/m1/s1. The molecule has 1 aliphatic heterocycles. The van der Waals surface area contributed by atoms with Crippen LogP contribution in [0.4, 0.5) is 0 Å². The highest BCUT2D eigenvalue weighted by molar-refractivity contribution is 7.13. The molecule has 0 N–H and O–H groups in total. The molecule has 0 aromatic carbocycles. The van der Waals surface area contributed by atoms with Gasteiger partial charge in [-0.3, -0.25) is 9.59 Å². The zero-order valence-corrected chi connectivity index (χ0v) is 14.9. The maximum absolute atomic E-state index is 12.9. The van der Waals surface area contributed by atoms with Crippen molar-refractivity contribution in [2.45, 2.75) is 26.8 Å². The monoisotopic (exact) mass is 347 g/mol. The van der Waals surface area contributed by atoms with Crippen LogP contribution in [0.5, 0.6) is 0 Å². The summed E-state index contributed by atoms with van der Waals surface area (Å²) in [5.41, 5.74) is 0.273. The topological polar surface area (TPSA) is 66.7 Å². The van der Waals surface area contributed by atoms with Gasteiger partial charge in [0, 0.05) is 19.6 Å². The number of thiophene rings is 1. The molecule has 0 saturated carbocycles. The Kier molecular flexibility index (Phi) is 4.71. The summed E-state index contributed by atoms with van der Waals surface area (Å²) >= 11 is 1.49. The number of oxazole rings is 1. The molecule has 24 heavy (non-hydrogen) atoms. The Balaban J connectivity index is 1.80. The summed E-state index contributed by atoms with van der Waals surface area (Å²) in [5.74, 6) is 0.616. The summed E-state index contributed by atoms with van der Waals surface area (Å²) in [4.78, 5) is 33.8. The number of carbonyl (C=O) groups excluding carboxylic acids is 2. The zero-order chi connectivity index (χ0) is 17.3. The van der Waals surface area contributed by atoms with Gasteiger partial charge in [-0.05, 0) is 24.3 Å². The third-order valence-corrected chi connectivity index (χ3v) is 4.98. The first-order chi connectivity index (χ1) is 11.5. The molecule has 0 bridgehead atoms. The number of aromatic nitrogens is 1. The van der Waals surface area contributed by atoms with Crippen molar-refractivity contribution < 1.29 is 14.0 Å². The lowest BCUT2D eigenvalue weighted by molar-refractivity contribution is -0.140. The van der Waals surface area contributed by atoms with Crippen molar-refractivity contribution in [3.05, 3.63) is 29.6 Å². The van der Waals surface area contributed by atoms with Gasteiger partial charge < -0.3 is 14.2 Å². The molecule has 1 fully saturated rings. The average Bonchev–Trinajstić information content (AvgIpc) is 3.21. The number of hydrogen-bond donors (Lipinski definition) is 0. The van der Waals surface area contributed by atoms with Crippen molar-refractivity contribution in [3.8, 4) is 10.6 Å². The lowest BCUT2D eigenvalue weighted by Crippen LogP contribution is -2.58. The summed E-state index contributed by atoms with van der Waals surface area (Å²) < 4.78 is 5.41. The van der Waals surface area contributed by atoms with Gasteiger partial charge in [0.15, 0.2) is 17.8 Å². The van der Waals surface area contributed by atoms with E-state index >= 15 is 0 Å². The van der Waals surface area contributed by atoms with Crippen LogP contribution in [-0.2, 0) is 4.79 Å². The van der Waals surface area contributed by atoms with E-state index < -0.39 is 6.04 Å². The van der Waals surface area contributed by atoms with E-state index in [9.17, 15) is 9.59 Å². The predicted molar refractivity (Wildman–Crippen MR) is 91.7 cm³/mol. The largest absolute Gasteiger partial charge is 0.442 e. The predicted octanol–water partition coefficient (Wildman–Crippen LogP) is 2.73. The van der Waals surface area contributed by atoms with Crippen LogP contribution in [0.3, 0.4) is 0 Å². The molecule has 128 valence electrons. The fraction of sp³-hybridized carbons (Fsp3) is 0.471. The van der Waals surface area contributed by atoms with Gasteiger partial charge in [-0.15, -0.1) is 11.3 Å². The van der Waals surface area contributed by atoms with E-state index in [0.717, 1.165) is 11.4 Å². The molecule has 7 heteroatoms. The van der Waals surface area contributed by atoms with Crippen molar-refractivity contribution >= 4 is 23.2 Å². The van der Waals surface area contributed by atoms with Crippen LogP contribution in [0.2, 0.25) is 0 Å². The second-order valence-electron chi connectivity index (χ2n) is 6.36. The number of hydrogen-bond acceptors (Lipinski definition) is 5. The molecule has 3 rings (SSSR count). The highest BCUT2D eigenvalue weighted by atomic mass is 32.1. The normalized spacial score (nSPS) is 18.5. The van der Waals surface area contributed by atoms with Gasteiger partial charge in [0.05, 0.1) is 4.88 Å². The maximum atomic E-state index is 12.9. The molecule has 6 nitrogen and oxygen atoms in total. The minimum absolute atomic E-state index is 0.00975. The molecule has 2 aromatic rings. The minimum Gasteiger partial charge on any atom is -0.442 e. The second kappa shape index (κ2) is 6.76. The molecule has 1 saturated heterocycles. The Morgan fingerprint density at radius 1 is 1.46 bits per heavy atom. The highest BCUT2D eigenvalue weighted by Gasteiger charge is 2.36. The molecule has 2 aromatic heterocycles.